The zero-order valence-corrected chi connectivity index (χ0v) is 11.4. The average molecular weight is 281 g/mol. The molecule has 1 aliphatic rings. The Morgan fingerprint density at radius 2 is 2.35 bits per heavy atom. The smallest absolute Gasteiger partial charge is 0.252 e. The molecule has 2 rings (SSSR count). The number of aliphatic hydroxyl groups is 1. The summed E-state index contributed by atoms with van der Waals surface area (Å²) in [6.45, 7) is 2.27. The number of aromatic nitrogens is 1. The summed E-state index contributed by atoms with van der Waals surface area (Å²) < 4.78 is 13.0. The predicted molar refractivity (Wildman–Crippen MR) is 72.8 cm³/mol. The number of aliphatic hydroxyl groups excluding tert-OH is 1. The topological polar surface area (TPSA) is 65.5 Å². The summed E-state index contributed by atoms with van der Waals surface area (Å²) in [5, 5.41) is 12.0. The number of hydrogen-bond donors (Lipinski definition) is 2. The monoisotopic (exact) mass is 281 g/mol. The fourth-order valence-electron chi connectivity index (χ4n) is 2.51. The van der Waals surface area contributed by atoms with E-state index in [1.54, 1.807) is 0 Å². The molecule has 2 N–H and O–H groups in total. The van der Waals surface area contributed by atoms with Crippen molar-refractivity contribution in [3.8, 4) is 0 Å². The zero-order chi connectivity index (χ0) is 14.4. The van der Waals surface area contributed by atoms with Gasteiger partial charge in [-0.15, -0.1) is 0 Å². The van der Waals surface area contributed by atoms with E-state index in [9.17, 15) is 14.3 Å². The molecule has 1 amide bonds. The number of rotatable bonds is 5. The maximum absolute atomic E-state index is 13.0. The lowest BCUT2D eigenvalue weighted by Gasteiger charge is -2.34. The van der Waals surface area contributed by atoms with Crippen LogP contribution in [0.2, 0.25) is 0 Å². The van der Waals surface area contributed by atoms with Crippen molar-refractivity contribution in [3.63, 3.8) is 0 Å². The summed E-state index contributed by atoms with van der Waals surface area (Å²) >= 11 is 0. The molecule has 0 bridgehead atoms. The molecule has 2 heterocycles. The molecule has 1 unspecified atom stereocenters. The summed E-state index contributed by atoms with van der Waals surface area (Å²) in [4.78, 5) is 17.6. The molecule has 1 saturated heterocycles. The van der Waals surface area contributed by atoms with Crippen molar-refractivity contribution >= 4 is 5.91 Å². The molecular formula is C14H20FN3O2. The van der Waals surface area contributed by atoms with E-state index in [-0.39, 0.29) is 24.1 Å². The Bertz CT molecular complexity index is 456. The second-order valence-electron chi connectivity index (χ2n) is 5.02. The van der Waals surface area contributed by atoms with Gasteiger partial charge in [-0.1, -0.05) is 6.42 Å². The lowest BCUT2D eigenvalue weighted by atomic mass is 10.0. The van der Waals surface area contributed by atoms with E-state index in [4.69, 9.17) is 0 Å². The van der Waals surface area contributed by atoms with Crippen LogP contribution in [0.3, 0.4) is 0 Å². The van der Waals surface area contributed by atoms with E-state index in [2.05, 4.69) is 15.2 Å². The number of carbonyl (C=O) groups excluding carboxylic acids is 1. The Balaban J connectivity index is 1.79. The lowest BCUT2D eigenvalue weighted by Crippen LogP contribution is -2.45. The molecule has 20 heavy (non-hydrogen) atoms. The maximum Gasteiger partial charge on any atom is 0.252 e. The first kappa shape index (κ1) is 14.9. The van der Waals surface area contributed by atoms with Gasteiger partial charge in [-0.25, -0.2) is 4.39 Å². The molecule has 110 valence electrons. The number of carbonyl (C=O) groups is 1. The molecule has 1 fully saturated rings. The highest BCUT2D eigenvalue weighted by Crippen LogP contribution is 2.15. The van der Waals surface area contributed by atoms with E-state index in [1.807, 2.05) is 0 Å². The number of nitrogens with one attached hydrogen (secondary N) is 1. The molecule has 1 aliphatic heterocycles. The van der Waals surface area contributed by atoms with Crippen molar-refractivity contribution < 1.29 is 14.3 Å². The SMILES string of the molecule is O=C(NCCN1CCCCC1CO)c1cncc(F)c1. The van der Waals surface area contributed by atoms with Crippen LogP contribution in [-0.4, -0.2) is 53.2 Å². The minimum Gasteiger partial charge on any atom is -0.395 e. The summed E-state index contributed by atoms with van der Waals surface area (Å²) in [5.74, 6) is -0.844. The van der Waals surface area contributed by atoms with Gasteiger partial charge < -0.3 is 10.4 Å². The Labute approximate surface area is 117 Å². The molecule has 0 spiro atoms. The van der Waals surface area contributed by atoms with Crippen molar-refractivity contribution in [1.82, 2.24) is 15.2 Å². The van der Waals surface area contributed by atoms with Crippen molar-refractivity contribution in [2.75, 3.05) is 26.2 Å². The molecular weight excluding hydrogens is 261 g/mol. The fraction of sp³-hybridized carbons (Fsp3) is 0.571. The van der Waals surface area contributed by atoms with E-state index in [0.29, 0.717) is 13.1 Å². The van der Waals surface area contributed by atoms with Crippen molar-refractivity contribution in [2.24, 2.45) is 0 Å². The Kier molecular flexibility index (Phi) is 5.43. The Morgan fingerprint density at radius 3 is 3.10 bits per heavy atom. The van der Waals surface area contributed by atoms with Gasteiger partial charge in [-0.3, -0.25) is 14.7 Å². The van der Waals surface area contributed by atoms with Crippen LogP contribution < -0.4 is 5.32 Å². The molecule has 0 aromatic carbocycles. The van der Waals surface area contributed by atoms with Gasteiger partial charge in [0.1, 0.15) is 5.82 Å². The van der Waals surface area contributed by atoms with Crippen LogP contribution >= 0.6 is 0 Å². The number of halogens is 1. The molecule has 6 heteroatoms. The zero-order valence-electron chi connectivity index (χ0n) is 11.4. The van der Waals surface area contributed by atoms with Crippen molar-refractivity contribution in [3.05, 3.63) is 29.8 Å². The summed E-state index contributed by atoms with van der Waals surface area (Å²) in [6, 6.07) is 1.36. The minimum absolute atomic E-state index is 0.155. The van der Waals surface area contributed by atoms with Crippen LogP contribution in [0.5, 0.6) is 0 Å². The second kappa shape index (κ2) is 7.31. The maximum atomic E-state index is 13.0. The molecule has 0 aliphatic carbocycles. The molecule has 0 radical (unpaired) electrons. The van der Waals surface area contributed by atoms with Crippen LogP contribution in [0, 0.1) is 5.82 Å². The molecule has 0 saturated carbocycles. The van der Waals surface area contributed by atoms with Crippen molar-refractivity contribution in [1.29, 1.82) is 0 Å². The quantitative estimate of drug-likeness (QED) is 0.838. The molecule has 1 aromatic rings. The van der Waals surface area contributed by atoms with Gasteiger partial charge in [0.2, 0.25) is 0 Å². The first-order valence-electron chi connectivity index (χ1n) is 6.94. The largest absolute Gasteiger partial charge is 0.395 e. The van der Waals surface area contributed by atoms with E-state index < -0.39 is 5.82 Å². The van der Waals surface area contributed by atoms with Gasteiger partial charge >= 0.3 is 0 Å². The number of pyridine rings is 1. The highest BCUT2D eigenvalue weighted by molar-refractivity contribution is 5.93. The third kappa shape index (κ3) is 3.98. The predicted octanol–water partition coefficient (Wildman–Crippen LogP) is 0.797. The third-order valence-corrected chi connectivity index (χ3v) is 3.61. The summed E-state index contributed by atoms with van der Waals surface area (Å²) in [5.41, 5.74) is 0.224. The fourth-order valence-corrected chi connectivity index (χ4v) is 2.51. The molecule has 5 nitrogen and oxygen atoms in total. The van der Waals surface area contributed by atoms with Gasteiger partial charge in [0, 0.05) is 25.3 Å². The minimum atomic E-state index is -0.519. The van der Waals surface area contributed by atoms with Gasteiger partial charge in [-0.2, -0.15) is 0 Å². The normalized spacial score (nSPS) is 19.8. The Hall–Kier alpha value is -1.53. The third-order valence-electron chi connectivity index (χ3n) is 3.61. The van der Waals surface area contributed by atoms with E-state index >= 15 is 0 Å². The van der Waals surface area contributed by atoms with Gasteiger partial charge in [0.05, 0.1) is 18.4 Å². The van der Waals surface area contributed by atoms with Crippen LogP contribution in [0.4, 0.5) is 4.39 Å². The number of nitrogens with zero attached hydrogens (tertiary/aromatic N) is 2. The standard InChI is InChI=1S/C14H20FN3O2/c15-12-7-11(8-16-9-12)14(20)17-4-6-18-5-2-1-3-13(18)10-19/h7-9,13,19H,1-6,10H2,(H,17,20). The van der Waals surface area contributed by atoms with Crippen molar-refractivity contribution in [2.45, 2.75) is 25.3 Å². The van der Waals surface area contributed by atoms with Gasteiger partial charge in [0.15, 0.2) is 0 Å². The average Bonchev–Trinajstić information content (AvgIpc) is 2.47. The van der Waals surface area contributed by atoms with E-state index in [1.165, 1.54) is 12.3 Å². The van der Waals surface area contributed by atoms with Crippen LogP contribution in [0.1, 0.15) is 29.6 Å². The van der Waals surface area contributed by atoms with Crippen LogP contribution in [0.25, 0.3) is 0 Å². The Morgan fingerprint density at radius 1 is 1.50 bits per heavy atom. The highest BCUT2D eigenvalue weighted by atomic mass is 19.1. The number of likely N-dealkylation sites (tertiary alicyclic amines) is 1. The first-order chi connectivity index (χ1) is 9.70. The number of piperidine rings is 1. The van der Waals surface area contributed by atoms with E-state index in [0.717, 1.165) is 32.0 Å². The first-order valence-corrected chi connectivity index (χ1v) is 6.94. The summed E-state index contributed by atoms with van der Waals surface area (Å²) in [7, 11) is 0. The molecule has 1 atom stereocenters. The second-order valence-corrected chi connectivity index (χ2v) is 5.02. The van der Waals surface area contributed by atoms with Crippen LogP contribution in [-0.2, 0) is 0 Å². The highest BCUT2D eigenvalue weighted by Gasteiger charge is 2.21. The number of amides is 1. The summed E-state index contributed by atoms with van der Waals surface area (Å²) in [6.07, 6.45) is 5.67. The molecule has 1 aromatic heterocycles. The van der Waals surface area contributed by atoms with Crippen LogP contribution in [0.15, 0.2) is 18.5 Å². The van der Waals surface area contributed by atoms with Gasteiger partial charge in [-0.05, 0) is 25.5 Å². The number of hydrogen-bond acceptors (Lipinski definition) is 4. The lowest BCUT2D eigenvalue weighted by molar-refractivity contribution is 0.0849. The van der Waals surface area contributed by atoms with Gasteiger partial charge in [0.25, 0.3) is 5.91 Å².